The molecule has 0 bridgehead atoms. The van der Waals surface area contributed by atoms with Gasteiger partial charge in [-0.15, -0.1) is 12.4 Å². The number of rotatable bonds is 4. The topological polar surface area (TPSA) is 53.1 Å². The van der Waals surface area contributed by atoms with Crippen LogP contribution in [0, 0.1) is 5.92 Å². The van der Waals surface area contributed by atoms with Crippen molar-refractivity contribution >= 4 is 30.0 Å². The van der Waals surface area contributed by atoms with Crippen molar-refractivity contribution in [1.29, 1.82) is 0 Å². The van der Waals surface area contributed by atoms with Crippen LogP contribution in [0.15, 0.2) is 30.3 Å². The number of urea groups is 1. The van der Waals surface area contributed by atoms with Crippen molar-refractivity contribution < 1.29 is 14.3 Å². The van der Waals surface area contributed by atoms with Gasteiger partial charge in [0.1, 0.15) is 0 Å². The number of halogens is 1. The fourth-order valence-corrected chi connectivity index (χ4v) is 4.45. The molecule has 2 unspecified atom stereocenters. The van der Waals surface area contributed by atoms with Crippen LogP contribution in [0.4, 0.5) is 10.5 Å². The van der Waals surface area contributed by atoms with E-state index in [0.717, 1.165) is 58.5 Å². The number of carbonyl (C=O) groups excluding carboxylic acids is 2. The minimum atomic E-state index is -0.155. The smallest absolute Gasteiger partial charge is 0.331 e. The summed E-state index contributed by atoms with van der Waals surface area (Å²) in [5.74, 6) is -0.0835. The number of ether oxygens (including phenoxy) is 1. The number of carbonyl (C=O) groups is 2. The van der Waals surface area contributed by atoms with Gasteiger partial charge in [-0.05, 0) is 25.0 Å². The van der Waals surface area contributed by atoms with E-state index in [1.54, 1.807) is 0 Å². The average Bonchev–Trinajstić information content (AvgIpc) is 2.70. The molecule has 0 spiro atoms. The van der Waals surface area contributed by atoms with Gasteiger partial charge in [-0.2, -0.15) is 0 Å². The first-order chi connectivity index (χ1) is 12.8. The fraction of sp³-hybridized carbons (Fsp3) is 0.600. The summed E-state index contributed by atoms with van der Waals surface area (Å²) >= 11 is 0. The third kappa shape index (κ3) is 4.13. The molecule has 148 valence electrons. The molecule has 0 N–H and O–H groups in total. The summed E-state index contributed by atoms with van der Waals surface area (Å²) in [5, 5.41) is 0. The van der Waals surface area contributed by atoms with Crippen molar-refractivity contribution in [3.8, 4) is 0 Å². The Bertz CT molecular complexity index is 651. The van der Waals surface area contributed by atoms with Crippen LogP contribution in [0.1, 0.15) is 25.7 Å². The zero-order chi connectivity index (χ0) is 17.9. The summed E-state index contributed by atoms with van der Waals surface area (Å²) in [6.45, 7) is 4.86. The van der Waals surface area contributed by atoms with Gasteiger partial charge in [0.15, 0.2) is 0 Å². The number of para-hydroxylation sites is 1. The van der Waals surface area contributed by atoms with Crippen LogP contribution < -0.4 is 4.90 Å². The Labute approximate surface area is 166 Å². The second-order valence-electron chi connectivity index (χ2n) is 7.40. The molecule has 4 rings (SSSR count). The molecule has 2 aliphatic heterocycles. The SMILES string of the molecule is Cl.O=C1C2CCCCC2N(CCN2CCOCC2)C(=O)N1c1ccccc1. The molecule has 6 nitrogen and oxygen atoms in total. The fourth-order valence-electron chi connectivity index (χ4n) is 4.45. The van der Waals surface area contributed by atoms with Gasteiger partial charge in [0.25, 0.3) is 0 Å². The van der Waals surface area contributed by atoms with E-state index in [4.69, 9.17) is 4.74 Å². The number of benzene rings is 1. The zero-order valence-corrected chi connectivity index (χ0v) is 16.4. The predicted molar refractivity (Wildman–Crippen MR) is 106 cm³/mol. The molecular weight excluding hydrogens is 366 g/mol. The molecule has 3 fully saturated rings. The highest BCUT2D eigenvalue weighted by molar-refractivity contribution is 6.17. The van der Waals surface area contributed by atoms with E-state index in [-0.39, 0.29) is 36.3 Å². The summed E-state index contributed by atoms with van der Waals surface area (Å²) in [6, 6.07) is 9.25. The summed E-state index contributed by atoms with van der Waals surface area (Å²) in [6.07, 6.45) is 3.99. The van der Waals surface area contributed by atoms with Gasteiger partial charge in [-0.25, -0.2) is 9.69 Å². The van der Waals surface area contributed by atoms with Gasteiger partial charge >= 0.3 is 6.03 Å². The Morgan fingerprint density at radius 1 is 0.963 bits per heavy atom. The molecule has 0 radical (unpaired) electrons. The highest BCUT2D eigenvalue weighted by Gasteiger charge is 2.47. The first kappa shape index (κ1) is 20.1. The van der Waals surface area contributed by atoms with E-state index in [1.165, 1.54) is 4.90 Å². The normalized spacial score (nSPS) is 26.5. The predicted octanol–water partition coefficient (Wildman–Crippen LogP) is 2.77. The summed E-state index contributed by atoms with van der Waals surface area (Å²) < 4.78 is 5.41. The van der Waals surface area contributed by atoms with Crippen molar-refractivity contribution in [1.82, 2.24) is 9.80 Å². The molecule has 1 aliphatic carbocycles. The lowest BCUT2D eigenvalue weighted by Crippen LogP contribution is -2.63. The van der Waals surface area contributed by atoms with Crippen molar-refractivity contribution in [3.63, 3.8) is 0 Å². The molecular formula is C20H28ClN3O3. The van der Waals surface area contributed by atoms with Gasteiger partial charge in [0.05, 0.1) is 24.8 Å². The van der Waals surface area contributed by atoms with Crippen molar-refractivity contribution in [2.45, 2.75) is 31.7 Å². The number of hydrogen-bond acceptors (Lipinski definition) is 4. The van der Waals surface area contributed by atoms with Crippen molar-refractivity contribution in [2.75, 3.05) is 44.3 Å². The van der Waals surface area contributed by atoms with E-state index >= 15 is 0 Å². The molecule has 2 saturated heterocycles. The summed E-state index contributed by atoms with van der Waals surface area (Å²) in [4.78, 5) is 32.0. The molecule has 1 aromatic carbocycles. The Kier molecular flexibility index (Phi) is 6.73. The van der Waals surface area contributed by atoms with E-state index in [0.29, 0.717) is 12.2 Å². The number of imide groups is 1. The molecule has 2 atom stereocenters. The van der Waals surface area contributed by atoms with E-state index in [2.05, 4.69) is 4.90 Å². The molecule has 27 heavy (non-hydrogen) atoms. The number of amides is 3. The third-order valence-electron chi connectivity index (χ3n) is 5.88. The highest BCUT2D eigenvalue weighted by atomic mass is 35.5. The molecule has 0 aromatic heterocycles. The third-order valence-corrected chi connectivity index (χ3v) is 5.88. The molecule has 7 heteroatoms. The maximum absolute atomic E-state index is 13.3. The van der Waals surface area contributed by atoms with E-state index in [9.17, 15) is 9.59 Å². The van der Waals surface area contributed by atoms with Gasteiger partial charge < -0.3 is 9.64 Å². The van der Waals surface area contributed by atoms with E-state index in [1.807, 2.05) is 35.2 Å². The summed E-state index contributed by atoms with van der Waals surface area (Å²) in [7, 11) is 0. The number of fused-ring (bicyclic) bond motifs is 1. The van der Waals surface area contributed by atoms with Crippen LogP contribution in [0.5, 0.6) is 0 Å². The molecule has 1 saturated carbocycles. The summed E-state index contributed by atoms with van der Waals surface area (Å²) in [5.41, 5.74) is 0.683. The van der Waals surface area contributed by atoms with Crippen LogP contribution >= 0.6 is 12.4 Å². The van der Waals surface area contributed by atoms with Crippen LogP contribution in [0.3, 0.4) is 0 Å². The zero-order valence-electron chi connectivity index (χ0n) is 15.6. The molecule has 1 aromatic rings. The standard InChI is InChI=1S/C20H27N3O3.ClH/c24-19-17-8-4-5-9-18(17)22(11-10-21-12-14-26-15-13-21)20(25)23(19)16-6-2-1-3-7-16;/h1-3,6-7,17-18H,4-5,8-15H2;1H. The lowest BCUT2D eigenvalue weighted by atomic mass is 9.81. The van der Waals surface area contributed by atoms with Gasteiger partial charge in [0, 0.05) is 32.2 Å². The number of hydrogen-bond donors (Lipinski definition) is 0. The maximum atomic E-state index is 13.3. The van der Waals surface area contributed by atoms with Crippen LogP contribution in [0.25, 0.3) is 0 Å². The Morgan fingerprint density at radius 2 is 1.67 bits per heavy atom. The largest absolute Gasteiger partial charge is 0.379 e. The van der Waals surface area contributed by atoms with E-state index < -0.39 is 0 Å². The monoisotopic (exact) mass is 393 g/mol. The lowest BCUT2D eigenvalue weighted by Gasteiger charge is -2.47. The second kappa shape index (κ2) is 9.04. The Balaban J connectivity index is 0.00000210. The minimum absolute atomic E-state index is 0. The van der Waals surface area contributed by atoms with Crippen LogP contribution in [0.2, 0.25) is 0 Å². The maximum Gasteiger partial charge on any atom is 0.331 e. The number of morpholine rings is 1. The quantitative estimate of drug-likeness (QED) is 0.789. The second-order valence-corrected chi connectivity index (χ2v) is 7.40. The highest BCUT2D eigenvalue weighted by Crippen LogP contribution is 2.36. The van der Waals surface area contributed by atoms with Crippen molar-refractivity contribution in [2.24, 2.45) is 5.92 Å². The average molecular weight is 394 g/mol. The lowest BCUT2D eigenvalue weighted by molar-refractivity contribution is -0.126. The first-order valence-electron chi connectivity index (χ1n) is 9.75. The van der Waals surface area contributed by atoms with Crippen molar-refractivity contribution in [3.05, 3.63) is 30.3 Å². The van der Waals surface area contributed by atoms with Gasteiger partial charge in [0.2, 0.25) is 5.91 Å². The first-order valence-corrected chi connectivity index (χ1v) is 9.75. The number of nitrogens with zero attached hydrogens (tertiary/aromatic N) is 3. The van der Waals surface area contributed by atoms with Gasteiger partial charge in [-0.3, -0.25) is 9.69 Å². The van der Waals surface area contributed by atoms with Gasteiger partial charge in [-0.1, -0.05) is 31.0 Å². The molecule has 2 heterocycles. The molecule has 3 aliphatic rings. The van der Waals surface area contributed by atoms with Crippen LogP contribution in [-0.4, -0.2) is 67.2 Å². The Morgan fingerprint density at radius 3 is 2.41 bits per heavy atom. The minimum Gasteiger partial charge on any atom is -0.379 e. The number of anilines is 1. The Hall–Kier alpha value is -1.63. The van der Waals surface area contributed by atoms with Crippen LogP contribution in [-0.2, 0) is 9.53 Å². The molecule has 3 amide bonds.